The van der Waals surface area contributed by atoms with Crippen LogP contribution in [0.4, 0.5) is 0 Å². The van der Waals surface area contributed by atoms with Gasteiger partial charge in [-0.2, -0.15) is 0 Å². The number of hydrogen-bond donors (Lipinski definition) is 1. The Bertz CT molecular complexity index is 259. The minimum absolute atomic E-state index is 0.458. The van der Waals surface area contributed by atoms with Gasteiger partial charge in [-0.3, -0.25) is 0 Å². The average Bonchev–Trinajstić information content (AvgIpc) is 2.05. The molecule has 0 aliphatic rings. The zero-order valence-corrected chi connectivity index (χ0v) is 6.73. The normalized spacial score (nSPS) is 9.92. The highest BCUT2D eigenvalue weighted by atomic mass is 16.7. The summed E-state index contributed by atoms with van der Waals surface area (Å²) in [5.74, 6) is 4.66. The Kier molecular flexibility index (Phi) is 2.79. The molecule has 0 saturated heterocycles. The van der Waals surface area contributed by atoms with Crippen molar-refractivity contribution in [1.29, 1.82) is 0 Å². The number of hydrazine groups is 1. The van der Waals surface area contributed by atoms with Crippen LogP contribution in [0, 0.1) is 0 Å². The van der Waals surface area contributed by atoms with Crippen molar-refractivity contribution in [2.24, 2.45) is 5.84 Å². The van der Waals surface area contributed by atoms with Crippen molar-refractivity contribution in [3.63, 3.8) is 0 Å². The highest BCUT2D eigenvalue weighted by Gasteiger charge is 2.06. The van der Waals surface area contributed by atoms with Crippen LogP contribution in [0.2, 0.25) is 0 Å². The minimum atomic E-state index is -0.458. The van der Waals surface area contributed by atoms with Crippen molar-refractivity contribution in [2.75, 3.05) is 7.05 Å². The molecule has 0 amide bonds. The molecule has 0 saturated carbocycles. The third kappa shape index (κ3) is 2.34. The Balaban J connectivity index is 2.66. The van der Waals surface area contributed by atoms with Gasteiger partial charge in [0, 0.05) is 7.05 Å². The fourth-order valence-electron chi connectivity index (χ4n) is 0.758. The van der Waals surface area contributed by atoms with E-state index in [-0.39, 0.29) is 0 Å². The molecule has 1 rings (SSSR count). The maximum absolute atomic E-state index is 11.1. The first kappa shape index (κ1) is 8.70. The van der Waals surface area contributed by atoms with Crippen LogP contribution in [0.3, 0.4) is 0 Å². The lowest BCUT2D eigenvalue weighted by atomic mass is 10.2. The smallest absolute Gasteiger partial charge is 0.349 e. The Labute approximate surface area is 70.5 Å². The van der Waals surface area contributed by atoms with Crippen LogP contribution in [0.5, 0.6) is 0 Å². The number of rotatable bonds is 2. The van der Waals surface area contributed by atoms with E-state index in [4.69, 9.17) is 5.84 Å². The highest BCUT2D eigenvalue weighted by molar-refractivity contribution is 5.88. The Hall–Kier alpha value is -1.39. The zero-order valence-electron chi connectivity index (χ0n) is 6.73. The van der Waals surface area contributed by atoms with E-state index >= 15 is 0 Å². The predicted octanol–water partition coefficient (Wildman–Crippen LogP) is 0.564. The summed E-state index contributed by atoms with van der Waals surface area (Å²) in [6, 6.07) is 8.65. The number of carbonyl (C=O) groups is 1. The zero-order chi connectivity index (χ0) is 8.97. The van der Waals surface area contributed by atoms with Crippen molar-refractivity contribution >= 4 is 5.97 Å². The number of nitrogens with two attached hydrogens (primary N) is 1. The van der Waals surface area contributed by atoms with Gasteiger partial charge in [-0.1, -0.05) is 23.4 Å². The Morgan fingerprint density at radius 1 is 1.42 bits per heavy atom. The van der Waals surface area contributed by atoms with Crippen LogP contribution < -0.4 is 5.84 Å². The topological polar surface area (TPSA) is 55.6 Å². The summed E-state index contributed by atoms with van der Waals surface area (Å²) >= 11 is 0. The van der Waals surface area contributed by atoms with Gasteiger partial charge in [0.2, 0.25) is 0 Å². The van der Waals surface area contributed by atoms with Crippen molar-refractivity contribution < 1.29 is 9.63 Å². The fourth-order valence-corrected chi connectivity index (χ4v) is 0.758. The molecule has 0 fully saturated rings. The van der Waals surface area contributed by atoms with Gasteiger partial charge in [0.05, 0.1) is 5.56 Å². The summed E-state index contributed by atoms with van der Waals surface area (Å²) in [7, 11) is 1.45. The third-order valence-electron chi connectivity index (χ3n) is 1.24. The van der Waals surface area contributed by atoms with Gasteiger partial charge < -0.3 is 4.84 Å². The van der Waals surface area contributed by atoms with Gasteiger partial charge in [0.15, 0.2) is 0 Å². The highest BCUT2D eigenvalue weighted by Crippen LogP contribution is 2.00. The first-order valence-electron chi connectivity index (χ1n) is 3.46. The number of hydrogen-bond acceptors (Lipinski definition) is 4. The van der Waals surface area contributed by atoms with Gasteiger partial charge in [-0.15, -0.1) is 0 Å². The number of hydroxylamine groups is 1. The van der Waals surface area contributed by atoms with Crippen LogP contribution in [0.1, 0.15) is 10.4 Å². The van der Waals surface area contributed by atoms with Crippen LogP contribution in [-0.2, 0) is 4.84 Å². The SMILES string of the molecule is CN(N)OC(=O)c1ccccc1. The quantitative estimate of drug-likeness (QED) is 0.515. The molecule has 0 atom stereocenters. The van der Waals surface area contributed by atoms with E-state index in [0.717, 1.165) is 5.17 Å². The van der Waals surface area contributed by atoms with Crippen LogP contribution in [0.25, 0.3) is 0 Å². The van der Waals surface area contributed by atoms with E-state index in [2.05, 4.69) is 4.84 Å². The lowest BCUT2D eigenvalue weighted by Crippen LogP contribution is -2.29. The molecule has 1 aromatic carbocycles. The molecule has 0 aromatic heterocycles. The molecule has 4 nitrogen and oxygen atoms in total. The summed E-state index contributed by atoms with van der Waals surface area (Å²) in [6.07, 6.45) is 0. The average molecular weight is 166 g/mol. The Morgan fingerprint density at radius 3 is 2.50 bits per heavy atom. The number of carbonyl (C=O) groups excluding carboxylic acids is 1. The van der Waals surface area contributed by atoms with Crippen molar-refractivity contribution in [3.05, 3.63) is 35.9 Å². The molecule has 4 heteroatoms. The summed E-state index contributed by atoms with van der Waals surface area (Å²) < 4.78 is 0. The van der Waals surface area contributed by atoms with Crippen LogP contribution in [-0.4, -0.2) is 18.2 Å². The maximum atomic E-state index is 11.1. The molecular formula is C8H10N2O2. The second-order valence-corrected chi connectivity index (χ2v) is 2.29. The molecule has 2 N–H and O–H groups in total. The van der Waals surface area contributed by atoms with Crippen molar-refractivity contribution in [3.8, 4) is 0 Å². The Morgan fingerprint density at radius 2 is 2.00 bits per heavy atom. The summed E-state index contributed by atoms with van der Waals surface area (Å²) in [5, 5.41) is 0.870. The standard InChI is InChI=1S/C8H10N2O2/c1-10(9)12-8(11)7-5-3-2-4-6-7/h2-6H,9H2,1H3. The van der Waals surface area contributed by atoms with Crippen molar-refractivity contribution in [1.82, 2.24) is 5.17 Å². The molecule has 0 heterocycles. The van der Waals surface area contributed by atoms with Gasteiger partial charge in [0.1, 0.15) is 0 Å². The number of benzene rings is 1. The molecule has 0 spiro atoms. The summed E-state index contributed by atoms with van der Waals surface area (Å²) in [5.41, 5.74) is 0.481. The minimum Gasteiger partial charge on any atom is -0.349 e. The van der Waals surface area contributed by atoms with Gasteiger partial charge in [-0.05, 0) is 12.1 Å². The predicted molar refractivity (Wildman–Crippen MR) is 43.8 cm³/mol. The molecule has 1 aromatic rings. The molecule has 0 aliphatic heterocycles. The molecule has 0 unspecified atom stereocenters. The van der Waals surface area contributed by atoms with Gasteiger partial charge >= 0.3 is 5.97 Å². The molecule has 0 bridgehead atoms. The van der Waals surface area contributed by atoms with Gasteiger partial charge in [-0.25, -0.2) is 10.6 Å². The first-order valence-corrected chi connectivity index (χ1v) is 3.46. The van der Waals surface area contributed by atoms with E-state index in [9.17, 15) is 4.79 Å². The molecule has 0 radical (unpaired) electrons. The van der Waals surface area contributed by atoms with E-state index in [1.165, 1.54) is 7.05 Å². The monoisotopic (exact) mass is 166 g/mol. The van der Waals surface area contributed by atoms with Crippen LogP contribution >= 0.6 is 0 Å². The largest absolute Gasteiger partial charge is 0.358 e. The third-order valence-corrected chi connectivity index (χ3v) is 1.24. The molecule has 0 aliphatic carbocycles. The van der Waals surface area contributed by atoms with Crippen LogP contribution in [0.15, 0.2) is 30.3 Å². The second kappa shape index (κ2) is 3.85. The summed E-state index contributed by atoms with van der Waals surface area (Å²) in [4.78, 5) is 15.7. The lowest BCUT2D eigenvalue weighted by Gasteiger charge is -2.08. The van der Waals surface area contributed by atoms with E-state index in [0.29, 0.717) is 5.56 Å². The summed E-state index contributed by atoms with van der Waals surface area (Å²) in [6.45, 7) is 0. The van der Waals surface area contributed by atoms with Crippen molar-refractivity contribution in [2.45, 2.75) is 0 Å². The van der Waals surface area contributed by atoms with E-state index in [1.807, 2.05) is 6.07 Å². The molecular weight excluding hydrogens is 156 g/mol. The van der Waals surface area contributed by atoms with E-state index < -0.39 is 5.97 Å². The van der Waals surface area contributed by atoms with Gasteiger partial charge in [0.25, 0.3) is 0 Å². The number of nitrogens with zero attached hydrogens (tertiary/aromatic N) is 1. The second-order valence-electron chi connectivity index (χ2n) is 2.29. The molecule has 64 valence electrons. The fraction of sp³-hybridized carbons (Fsp3) is 0.125. The maximum Gasteiger partial charge on any atom is 0.358 e. The first-order chi connectivity index (χ1) is 5.70. The van der Waals surface area contributed by atoms with E-state index in [1.54, 1.807) is 24.3 Å². The lowest BCUT2D eigenvalue weighted by molar-refractivity contribution is -0.0918. The molecule has 12 heavy (non-hydrogen) atoms.